The van der Waals surface area contributed by atoms with Crippen LogP contribution < -0.4 is 0 Å². The van der Waals surface area contributed by atoms with Crippen LogP contribution in [0.1, 0.15) is 62.7 Å². The highest BCUT2D eigenvalue weighted by Crippen LogP contribution is 2.48. The van der Waals surface area contributed by atoms with Gasteiger partial charge in [-0.15, -0.1) is 0 Å². The summed E-state index contributed by atoms with van der Waals surface area (Å²) in [6.07, 6.45) is 6.53. The highest BCUT2D eigenvalue weighted by Gasteiger charge is 2.27. The number of phosphoric ester groups is 1. The van der Waals surface area contributed by atoms with E-state index in [9.17, 15) is 9.46 Å². The first-order valence-electron chi connectivity index (χ1n) is 9.85. The van der Waals surface area contributed by atoms with Crippen molar-refractivity contribution >= 4 is 7.82 Å². The molecule has 5 heteroatoms. The number of benzene rings is 2. The van der Waals surface area contributed by atoms with Gasteiger partial charge in [0.25, 0.3) is 0 Å². The van der Waals surface area contributed by atoms with Crippen LogP contribution in [-0.4, -0.2) is 11.5 Å². The number of unbranched alkanes of at least 4 members (excludes halogenated alkanes) is 5. The van der Waals surface area contributed by atoms with Crippen molar-refractivity contribution < 1.29 is 18.5 Å². The van der Waals surface area contributed by atoms with Crippen molar-refractivity contribution in [2.75, 3.05) is 6.61 Å². The third kappa shape index (κ3) is 8.85. The van der Waals surface area contributed by atoms with Crippen molar-refractivity contribution in [3.63, 3.8) is 0 Å². The first-order valence-corrected chi connectivity index (χ1v) is 11.3. The molecule has 2 rings (SSSR count). The zero-order chi connectivity index (χ0) is 19.4. The Kier molecular flexibility index (Phi) is 9.79. The van der Waals surface area contributed by atoms with Crippen LogP contribution in [0.15, 0.2) is 60.7 Å². The van der Waals surface area contributed by atoms with E-state index < -0.39 is 13.9 Å². The molecule has 0 bridgehead atoms. The van der Waals surface area contributed by atoms with Gasteiger partial charge in [-0.25, -0.2) is 4.57 Å². The minimum Gasteiger partial charge on any atom is -0.302 e. The maximum absolute atomic E-state index is 12.4. The maximum atomic E-state index is 12.4. The predicted octanol–water partition coefficient (Wildman–Crippen LogP) is 6.46. The van der Waals surface area contributed by atoms with Gasteiger partial charge in [0, 0.05) is 6.42 Å². The molecule has 0 spiro atoms. The molecule has 27 heavy (non-hydrogen) atoms. The van der Waals surface area contributed by atoms with Crippen molar-refractivity contribution in [1.82, 2.24) is 0 Å². The summed E-state index contributed by atoms with van der Waals surface area (Å²) in [4.78, 5) is 10.2. The van der Waals surface area contributed by atoms with Crippen LogP contribution in [0, 0.1) is 0 Å². The van der Waals surface area contributed by atoms with E-state index in [1.54, 1.807) is 0 Å². The normalized spacial score (nSPS) is 14.6. The smallest absolute Gasteiger partial charge is 0.302 e. The quantitative estimate of drug-likeness (QED) is 0.315. The second-order valence-corrected chi connectivity index (χ2v) is 8.17. The highest BCUT2D eigenvalue weighted by atomic mass is 31.2. The van der Waals surface area contributed by atoms with Crippen molar-refractivity contribution in [1.29, 1.82) is 0 Å². The van der Waals surface area contributed by atoms with Crippen LogP contribution >= 0.6 is 7.82 Å². The highest BCUT2D eigenvalue weighted by molar-refractivity contribution is 7.47. The van der Waals surface area contributed by atoms with Gasteiger partial charge in [-0.05, 0) is 17.5 Å². The van der Waals surface area contributed by atoms with Gasteiger partial charge in [-0.2, -0.15) is 0 Å². The van der Waals surface area contributed by atoms with E-state index in [4.69, 9.17) is 9.05 Å². The summed E-state index contributed by atoms with van der Waals surface area (Å²) in [5.41, 5.74) is 1.90. The van der Waals surface area contributed by atoms with E-state index in [1.807, 2.05) is 60.7 Å². The zero-order valence-electron chi connectivity index (χ0n) is 16.1. The molecule has 1 N–H and O–H groups in total. The lowest BCUT2D eigenvalue weighted by atomic mass is 10.0. The fourth-order valence-corrected chi connectivity index (χ4v) is 3.90. The Morgan fingerprint density at radius 3 is 2.15 bits per heavy atom. The van der Waals surface area contributed by atoms with Gasteiger partial charge < -0.3 is 4.89 Å². The Balaban J connectivity index is 1.90. The van der Waals surface area contributed by atoms with E-state index in [2.05, 4.69) is 6.92 Å². The fraction of sp³-hybridized carbons (Fsp3) is 0.455. The lowest BCUT2D eigenvalue weighted by Gasteiger charge is -2.21. The Morgan fingerprint density at radius 1 is 0.889 bits per heavy atom. The monoisotopic (exact) mass is 390 g/mol. The van der Waals surface area contributed by atoms with E-state index in [1.165, 1.54) is 19.3 Å². The maximum Gasteiger partial charge on any atom is 0.472 e. The van der Waals surface area contributed by atoms with Crippen LogP contribution in [0.5, 0.6) is 0 Å². The van der Waals surface area contributed by atoms with Gasteiger partial charge in [0.05, 0.1) is 12.7 Å². The second kappa shape index (κ2) is 12.1. The van der Waals surface area contributed by atoms with Gasteiger partial charge in [-0.3, -0.25) is 9.05 Å². The molecule has 0 amide bonds. The van der Waals surface area contributed by atoms with Crippen molar-refractivity contribution in [3.05, 3.63) is 71.8 Å². The molecule has 0 aliphatic rings. The van der Waals surface area contributed by atoms with Crippen molar-refractivity contribution in [2.45, 2.75) is 58.0 Å². The first-order chi connectivity index (χ1) is 13.1. The fourth-order valence-electron chi connectivity index (χ4n) is 2.97. The summed E-state index contributed by atoms with van der Waals surface area (Å²) < 4.78 is 23.2. The Bertz CT molecular complexity index is 675. The number of rotatable bonds is 13. The SMILES string of the molecule is CCCCCCCCOP(=O)(O)OC(Cc1ccccc1)c1ccccc1. The molecule has 0 aliphatic heterocycles. The summed E-state index contributed by atoms with van der Waals surface area (Å²) in [5, 5.41) is 0. The predicted molar refractivity (Wildman–Crippen MR) is 110 cm³/mol. The number of hydrogen-bond acceptors (Lipinski definition) is 3. The summed E-state index contributed by atoms with van der Waals surface area (Å²) in [6, 6.07) is 19.3. The van der Waals surface area contributed by atoms with Crippen molar-refractivity contribution in [3.8, 4) is 0 Å². The molecular formula is C22H31O4P. The van der Waals surface area contributed by atoms with Crippen LogP contribution in [0.4, 0.5) is 0 Å². The van der Waals surface area contributed by atoms with E-state index in [0.717, 1.165) is 30.4 Å². The molecule has 0 heterocycles. The first kappa shape index (κ1) is 21.8. The molecule has 148 valence electrons. The van der Waals surface area contributed by atoms with Crippen LogP contribution in [-0.2, 0) is 20.0 Å². The standard InChI is InChI=1S/C22H31O4P/c1-2-3-4-5-6-13-18-25-27(23,24)26-22(21-16-11-8-12-17-21)19-20-14-9-7-10-15-20/h7-12,14-17,22H,2-6,13,18-19H2,1H3,(H,23,24). The Morgan fingerprint density at radius 2 is 1.48 bits per heavy atom. The minimum atomic E-state index is -4.11. The largest absolute Gasteiger partial charge is 0.472 e. The molecule has 4 nitrogen and oxygen atoms in total. The van der Waals surface area contributed by atoms with Gasteiger partial charge in [-0.1, -0.05) is 99.7 Å². The molecule has 0 aromatic heterocycles. The lowest BCUT2D eigenvalue weighted by molar-refractivity contribution is 0.103. The Labute approximate surface area is 163 Å². The molecule has 0 saturated carbocycles. The van der Waals surface area contributed by atoms with Gasteiger partial charge in [0.2, 0.25) is 0 Å². The summed E-state index contributed by atoms with van der Waals surface area (Å²) in [6.45, 7) is 2.42. The summed E-state index contributed by atoms with van der Waals surface area (Å²) in [5.74, 6) is 0. The van der Waals surface area contributed by atoms with Crippen LogP contribution in [0.25, 0.3) is 0 Å². The average Bonchev–Trinajstić information content (AvgIpc) is 2.68. The second-order valence-electron chi connectivity index (χ2n) is 6.76. The molecule has 0 fully saturated rings. The molecule has 0 radical (unpaired) electrons. The van der Waals surface area contributed by atoms with Gasteiger partial charge in [0.15, 0.2) is 0 Å². The average molecular weight is 390 g/mol. The Hall–Kier alpha value is -1.45. The van der Waals surface area contributed by atoms with Crippen molar-refractivity contribution in [2.24, 2.45) is 0 Å². The van der Waals surface area contributed by atoms with E-state index in [0.29, 0.717) is 6.42 Å². The van der Waals surface area contributed by atoms with E-state index >= 15 is 0 Å². The van der Waals surface area contributed by atoms with Gasteiger partial charge >= 0.3 is 7.82 Å². The zero-order valence-corrected chi connectivity index (χ0v) is 17.0. The molecule has 0 aliphatic carbocycles. The van der Waals surface area contributed by atoms with Crippen LogP contribution in [0.3, 0.4) is 0 Å². The van der Waals surface area contributed by atoms with Gasteiger partial charge in [0.1, 0.15) is 0 Å². The molecule has 2 unspecified atom stereocenters. The lowest BCUT2D eigenvalue weighted by Crippen LogP contribution is -2.08. The van der Waals surface area contributed by atoms with E-state index in [-0.39, 0.29) is 6.61 Å². The molecule has 2 atom stereocenters. The third-order valence-corrected chi connectivity index (χ3v) is 5.48. The molecule has 2 aromatic rings. The topological polar surface area (TPSA) is 55.8 Å². The molecule has 2 aromatic carbocycles. The summed E-state index contributed by atoms with van der Waals surface area (Å²) >= 11 is 0. The minimum absolute atomic E-state index is 0.243. The molecular weight excluding hydrogens is 359 g/mol. The molecule has 0 saturated heterocycles. The number of phosphoric acid groups is 1. The summed E-state index contributed by atoms with van der Waals surface area (Å²) in [7, 11) is -4.11. The third-order valence-electron chi connectivity index (χ3n) is 4.45. The van der Waals surface area contributed by atoms with Crippen LogP contribution in [0.2, 0.25) is 0 Å². The number of hydrogen-bond donors (Lipinski definition) is 1.